The molecule has 0 aromatic heterocycles. The second kappa shape index (κ2) is 59.8. The van der Waals surface area contributed by atoms with Crippen LogP contribution in [0.2, 0.25) is 0 Å². The molecule has 0 aliphatic carbocycles. The molecule has 4 unspecified atom stereocenters. The van der Waals surface area contributed by atoms with Crippen LogP contribution in [0.1, 0.15) is 344 Å². The molecule has 0 aromatic carbocycles. The van der Waals surface area contributed by atoms with E-state index in [1.165, 1.54) is 135 Å². The van der Waals surface area contributed by atoms with Gasteiger partial charge in [0.1, 0.15) is 19.3 Å². The number of hydrogen-bond acceptors (Lipinski definition) is 15. The number of hydrogen-bond donors (Lipinski definition) is 3. The van der Waals surface area contributed by atoms with Gasteiger partial charge in [0, 0.05) is 25.7 Å². The van der Waals surface area contributed by atoms with Gasteiger partial charge in [-0.05, 0) is 49.4 Å². The maximum Gasteiger partial charge on any atom is 0.472 e. The van der Waals surface area contributed by atoms with Gasteiger partial charge in [-0.2, -0.15) is 0 Å². The summed E-state index contributed by atoms with van der Waals surface area (Å²) in [6.07, 6.45) is 41.8. The number of ether oxygens (including phenoxy) is 4. The summed E-state index contributed by atoms with van der Waals surface area (Å²) in [5, 5.41) is 10.6. The third-order valence-electron chi connectivity index (χ3n) is 16.8. The summed E-state index contributed by atoms with van der Waals surface area (Å²) >= 11 is 0. The van der Waals surface area contributed by atoms with E-state index in [1.807, 2.05) is 0 Å². The average molecular weight is 1310 g/mol. The van der Waals surface area contributed by atoms with Crippen LogP contribution in [-0.2, 0) is 65.4 Å². The van der Waals surface area contributed by atoms with Crippen LogP contribution in [0.5, 0.6) is 0 Å². The predicted molar refractivity (Wildman–Crippen MR) is 358 cm³/mol. The van der Waals surface area contributed by atoms with Gasteiger partial charge in [-0.1, -0.05) is 293 Å². The topological polar surface area (TPSA) is 237 Å². The Morgan fingerprint density at radius 3 is 0.798 bits per heavy atom. The molecule has 0 aliphatic heterocycles. The summed E-state index contributed by atoms with van der Waals surface area (Å²) in [4.78, 5) is 72.5. The first-order valence-corrected chi connectivity index (χ1v) is 39.3. The van der Waals surface area contributed by atoms with Crippen LogP contribution in [0.4, 0.5) is 0 Å². The first-order chi connectivity index (χ1) is 42.7. The van der Waals surface area contributed by atoms with Crippen molar-refractivity contribution < 1.29 is 80.2 Å². The number of phosphoric ester groups is 2. The second-order valence-electron chi connectivity index (χ2n) is 26.7. The highest BCUT2D eigenvalue weighted by molar-refractivity contribution is 7.47. The molecule has 0 aliphatic rings. The minimum Gasteiger partial charge on any atom is -0.462 e. The predicted octanol–water partition coefficient (Wildman–Crippen LogP) is 19.7. The van der Waals surface area contributed by atoms with Crippen LogP contribution in [0.15, 0.2) is 0 Å². The number of aliphatic hydroxyl groups is 1. The molecule has 0 amide bonds. The minimum atomic E-state index is -4.95. The smallest absolute Gasteiger partial charge is 0.462 e. The standard InChI is InChI=1S/C70H136O17P2/c1-9-62(7)48-40-32-23-19-16-17-21-25-37-45-53-70(75)86-65(56-80-67(72)50-42-34-28-26-31-39-47-61(5)6)58-84-88(76,77)82-54-64(71)55-83-89(78,79)85-59-66(57-81-68(73)51-43-35-29-27-33-41-49-63(8)10-2)87-69(74)52-44-36-24-20-15-13-11-12-14-18-22-30-38-46-60(3)4/h60-66,71H,9-59H2,1-8H3,(H,76,77)(H,78,79)/t62?,63?,64-,65+,66+/m0/s1. The molecule has 0 bridgehead atoms. The van der Waals surface area contributed by atoms with Crippen LogP contribution in [0.25, 0.3) is 0 Å². The van der Waals surface area contributed by atoms with Crippen molar-refractivity contribution in [3.63, 3.8) is 0 Å². The summed E-state index contributed by atoms with van der Waals surface area (Å²) in [5.41, 5.74) is 0. The van der Waals surface area contributed by atoms with Crippen LogP contribution < -0.4 is 0 Å². The molecule has 7 atom stereocenters. The Balaban J connectivity index is 5.24. The first-order valence-electron chi connectivity index (χ1n) is 36.3. The normalized spacial score (nSPS) is 14.9. The Labute approximate surface area is 543 Å². The van der Waals surface area contributed by atoms with Gasteiger partial charge in [0.05, 0.1) is 26.4 Å². The Kier molecular flexibility index (Phi) is 58.5. The SMILES string of the molecule is CCC(C)CCCCCCCCCCCCC(=O)O[C@H](COC(=O)CCCCCCCCC(C)C)COP(=O)(O)OC[C@H](O)COP(=O)(O)OC[C@@H](COC(=O)CCCCCCCCC(C)CC)OC(=O)CCCCCCCCCCCCCCCC(C)C. The fourth-order valence-corrected chi connectivity index (χ4v) is 12.0. The van der Waals surface area contributed by atoms with Crippen molar-refractivity contribution in [1.29, 1.82) is 0 Å². The second-order valence-corrected chi connectivity index (χ2v) is 29.6. The third kappa shape index (κ3) is 62.0. The minimum absolute atomic E-state index is 0.105. The van der Waals surface area contributed by atoms with E-state index in [9.17, 15) is 43.2 Å². The highest BCUT2D eigenvalue weighted by Gasteiger charge is 2.30. The lowest BCUT2D eigenvalue weighted by Gasteiger charge is -2.21. The highest BCUT2D eigenvalue weighted by atomic mass is 31.2. The third-order valence-corrected chi connectivity index (χ3v) is 18.7. The molecule has 0 saturated heterocycles. The Morgan fingerprint density at radius 2 is 0.539 bits per heavy atom. The van der Waals surface area contributed by atoms with Crippen molar-refractivity contribution in [1.82, 2.24) is 0 Å². The summed E-state index contributed by atoms with van der Waals surface area (Å²) in [7, 11) is -9.90. The number of carbonyl (C=O) groups excluding carboxylic acids is 4. The number of phosphoric acid groups is 2. The number of esters is 4. The molecule has 0 radical (unpaired) electrons. The van der Waals surface area contributed by atoms with E-state index in [4.69, 9.17) is 37.0 Å². The van der Waals surface area contributed by atoms with Gasteiger partial charge in [-0.15, -0.1) is 0 Å². The lowest BCUT2D eigenvalue weighted by molar-refractivity contribution is -0.161. The van der Waals surface area contributed by atoms with Crippen LogP contribution in [-0.4, -0.2) is 96.7 Å². The fourth-order valence-electron chi connectivity index (χ4n) is 10.4. The van der Waals surface area contributed by atoms with Crippen LogP contribution in [0, 0.1) is 23.7 Å². The van der Waals surface area contributed by atoms with Crippen molar-refractivity contribution in [2.75, 3.05) is 39.6 Å². The summed E-state index contributed by atoms with van der Waals surface area (Å²) in [6, 6.07) is 0. The number of carbonyl (C=O) groups is 4. The molecule has 0 fully saturated rings. The molecule has 17 nitrogen and oxygen atoms in total. The Morgan fingerprint density at radius 1 is 0.315 bits per heavy atom. The van der Waals surface area contributed by atoms with Crippen molar-refractivity contribution >= 4 is 39.5 Å². The zero-order valence-electron chi connectivity index (χ0n) is 58.1. The van der Waals surface area contributed by atoms with Gasteiger partial charge < -0.3 is 33.8 Å². The van der Waals surface area contributed by atoms with Gasteiger partial charge in [-0.3, -0.25) is 37.3 Å². The van der Waals surface area contributed by atoms with Crippen molar-refractivity contribution in [3.8, 4) is 0 Å². The molecule has 89 heavy (non-hydrogen) atoms. The molecule has 0 saturated carbocycles. The Hall–Kier alpha value is -1.94. The molecular weight excluding hydrogens is 1170 g/mol. The lowest BCUT2D eigenvalue weighted by Crippen LogP contribution is -2.30. The molecule has 19 heteroatoms. The van der Waals surface area contributed by atoms with E-state index in [1.54, 1.807) is 0 Å². The van der Waals surface area contributed by atoms with Gasteiger partial charge >= 0.3 is 39.5 Å². The summed E-state index contributed by atoms with van der Waals surface area (Å²) < 4.78 is 68.2. The van der Waals surface area contributed by atoms with E-state index in [0.717, 1.165) is 120 Å². The number of rotatable bonds is 67. The largest absolute Gasteiger partial charge is 0.472 e. The van der Waals surface area contributed by atoms with Gasteiger partial charge in [0.25, 0.3) is 0 Å². The summed E-state index contributed by atoms with van der Waals surface area (Å²) in [5.74, 6) is 0.868. The molecule has 0 aromatic rings. The molecule has 0 heterocycles. The maximum atomic E-state index is 13.0. The van der Waals surface area contributed by atoms with E-state index in [0.29, 0.717) is 31.6 Å². The molecular formula is C70H136O17P2. The van der Waals surface area contributed by atoms with Crippen LogP contribution >= 0.6 is 15.6 Å². The van der Waals surface area contributed by atoms with E-state index >= 15 is 0 Å². The van der Waals surface area contributed by atoms with Gasteiger partial charge in [-0.25, -0.2) is 9.13 Å². The lowest BCUT2D eigenvalue weighted by atomic mass is 9.99. The Bertz CT molecular complexity index is 1770. The molecule has 0 rings (SSSR count). The quantitative estimate of drug-likeness (QED) is 0.0222. The van der Waals surface area contributed by atoms with E-state index in [2.05, 4.69) is 55.4 Å². The zero-order chi connectivity index (χ0) is 66.1. The average Bonchev–Trinajstić information content (AvgIpc) is 3.63. The maximum absolute atomic E-state index is 13.0. The molecule has 0 spiro atoms. The number of unbranched alkanes of at least 4 members (excludes halogenated alkanes) is 31. The van der Waals surface area contributed by atoms with E-state index in [-0.39, 0.29) is 25.7 Å². The number of aliphatic hydroxyl groups excluding tert-OH is 1. The molecule has 528 valence electrons. The monoisotopic (exact) mass is 1310 g/mol. The van der Waals surface area contributed by atoms with Crippen LogP contribution in [0.3, 0.4) is 0 Å². The van der Waals surface area contributed by atoms with Gasteiger partial charge in [0.15, 0.2) is 12.2 Å². The van der Waals surface area contributed by atoms with Crippen molar-refractivity contribution in [3.05, 3.63) is 0 Å². The zero-order valence-corrected chi connectivity index (χ0v) is 59.8. The first kappa shape index (κ1) is 87.1. The highest BCUT2D eigenvalue weighted by Crippen LogP contribution is 2.45. The van der Waals surface area contributed by atoms with Crippen molar-refractivity contribution in [2.45, 2.75) is 363 Å². The van der Waals surface area contributed by atoms with Crippen molar-refractivity contribution in [2.24, 2.45) is 23.7 Å². The fraction of sp³-hybridized carbons (Fsp3) is 0.943. The summed E-state index contributed by atoms with van der Waals surface area (Å²) in [6.45, 7) is 14.1. The molecule has 3 N–H and O–H groups in total. The van der Waals surface area contributed by atoms with Gasteiger partial charge in [0.2, 0.25) is 0 Å². The van der Waals surface area contributed by atoms with E-state index < -0.39 is 97.5 Å².